The third-order valence-corrected chi connectivity index (χ3v) is 9.42. The number of ether oxygens (including phenoxy) is 1. The summed E-state index contributed by atoms with van der Waals surface area (Å²) < 4.78 is 48.6. The van der Waals surface area contributed by atoms with Crippen molar-refractivity contribution in [2.75, 3.05) is 17.5 Å². The molecule has 0 spiro atoms. The largest absolute Gasteiger partial charge is 0.492 e. The SMILES string of the molecule is CCOc1ccccc1N(CC(=O)N(Cc1ccc(F)cc1)[C@H](CC)C(=O)NC1CCCCC1)S(=O)(=O)c1ccccc1. The van der Waals surface area contributed by atoms with Gasteiger partial charge in [-0.2, -0.15) is 0 Å². The molecule has 2 amide bonds. The Morgan fingerprint density at radius 2 is 1.58 bits per heavy atom. The van der Waals surface area contributed by atoms with E-state index in [0.717, 1.165) is 36.4 Å². The Kier molecular flexibility index (Phi) is 11.2. The fourth-order valence-corrected chi connectivity index (χ4v) is 6.87. The maximum absolute atomic E-state index is 14.3. The van der Waals surface area contributed by atoms with Crippen molar-refractivity contribution in [1.82, 2.24) is 10.2 Å². The highest BCUT2D eigenvalue weighted by Crippen LogP contribution is 2.33. The second-order valence-electron chi connectivity index (χ2n) is 10.6. The van der Waals surface area contributed by atoms with Gasteiger partial charge in [0.25, 0.3) is 10.0 Å². The zero-order valence-corrected chi connectivity index (χ0v) is 25.6. The Morgan fingerprint density at radius 3 is 2.23 bits per heavy atom. The molecule has 1 N–H and O–H groups in total. The molecule has 0 bridgehead atoms. The predicted molar refractivity (Wildman–Crippen MR) is 165 cm³/mol. The number of carbonyl (C=O) groups is 2. The van der Waals surface area contributed by atoms with Crippen LogP contribution in [0.4, 0.5) is 10.1 Å². The van der Waals surface area contributed by atoms with Crippen molar-refractivity contribution in [2.24, 2.45) is 0 Å². The second kappa shape index (κ2) is 15.0. The molecule has 1 saturated carbocycles. The molecule has 0 aliphatic heterocycles. The minimum Gasteiger partial charge on any atom is -0.492 e. The minimum atomic E-state index is -4.22. The predicted octanol–water partition coefficient (Wildman–Crippen LogP) is 5.68. The van der Waals surface area contributed by atoms with Crippen LogP contribution in [0.1, 0.15) is 57.9 Å². The zero-order chi connectivity index (χ0) is 30.8. The van der Waals surface area contributed by atoms with Crippen LogP contribution in [0.15, 0.2) is 83.8 Å². The lowest BCUT2D eigenvalue weighted by Crippen LogP contribution is -2.54. The summed E-state index contributed by atoms with van der Waals surface area (Å²) in [5, 5.41) is 3.12. The Balaban J connectivity index is 1.73. The first-order chi connectivity index (χ1) is 20.7. The van der Waals surface area contributed by atoms with Crippen LogP contribution in [-0.4, -0.2) is 50.4 Å². The molecule has 3 aromatic rings. The molecule has 4 rings (SSSR count). The first-order valence-corrected chi connectivity index (χ1v) is 16.3. The average Bonchev–Trinajstić information content (AvgIpc) is 3.02. The van der Waals surface area contributed by atoms with Gasteiger partial charge in [-0.15, -0.1) is 0 Å². The number of para-hydroxylation sites is 2. The number of sulfonamides is 1. The van der Waals surface area contributed by atoms with E-state index < -0.39 is 34.3 Å². The molecule has 1 aliphatic carbocycles. The van der Waals surface area contributed by atoms with Crippen LogP contribution in [0, 0.1) is 5.82 Å². The summed E-state index contributed by atoms with van der Waals surface area (Å²) in [6, 6.07) is 19.4. The van der Waals surface area contributed by atoms with Gasteiger partial charge in [0.05, 0.1) is 17.2 Å². The van der Waals surface area contributed by atoms with E-state index in [2.05, 4.69) is 5.32 Å². The van der Waals surface area contributed by atoms with Crippen LogP contribution in [0.3, 0.4) is 0 Å². The standard InChI is InChI=1S/C33H40FN3O5S/c1-3-29(33(39)35-27-13-7-5-8-14-27)36(23-25-19-21-26(34)22-20-25)32(38)24-37(30-17-11-12-18-31(30)42-4-2)43(40,41)28-15-9-6-10-16-28/h6,9-12,15-22,27,29H,3-5,7-8,13-14,23-24H2,1-2H3,(H,35,39)/t29-/m1/s1. The number of nitrogens with one attached hydrogen (secondary N) is 1. The van der Waals surface area contributed by atoms with Crippen molar-refractivity contribution in [3.63, 3.8) is 0 Å². The highest BCUT2D eigenvalue weighted by Gasteiger charge is 2.35. The maximum atomic E-state index is 14.3. The number of nitrogens with zero attached hydrogens (tertiary/aromatic N) is 2. The molecular weight excluding hydrogens is 569 g/mol. The van der Waals surface area contributed by atoms with E-state index in [4.69, 9.17) is 4.74 Å². The molecule has 0 radical (unpaired) electrons. The van der Waals surface area contributed by atoms with Crippen molar-refractivity contribution in [1.29, 1.82) is 0 Å². The summed E-state index contributed by atoms with van der Waals surface area (Å²) >= 11 is 0. The highest BCUT2D eigenvalue weighted by atomic mass is 32.2. The van der Waals surface area contributed by atoms with Gasteiger partial charge in [-0.25, -0.2) is 12.8 Å². The molecule has 3 aromatic carbocycles. The van der Waals surface area contributed by atoms with Gasteiger partial charge in [0.15, 0.2) is 0 Å². The van der Waals surface area contributed by atoms with Crippen LogP contribution >= 0.6 is 0 Å². The first-order valence-electron chi connectivity index (χ1n) is 14.9. The molecular formula is C33H40FN3O5S. The molecule has 1 aliphatic rings. The molecule has 1 atom stereocenters. The lowest BCUT2D eigenvalue weighted by Gasteiger charge is -2.34. The van der Waals surface area contributed by atoms with Crippen LogP contribution in [0.2, 0.25) is 0 Å². The molecule has 0 unspecified atom stereocenters. The van der Waals surface area contributed by atoms with Crippen molar-refractivity contribution >= 4 is 27.5 Å². The average molecular weight is 610 g/mol. The quantitative estimate of drug-likeness (QED) is 0.269. The molecule has 230 valence electrons. The van der Waals surface area contributed by atoms with Gasteiger partial charge in [-0.3, -0.25) is 13.9 Å². The number of hydrogen-bond donors (Lipinski definition) is 1. The zero-order valence-electron chi connectivity index (χ0n) is 24.7. The van der Waals surface area contributed by atoms with Crippen molar-refractivity contribution in [3.8, 4) is 5.75 Å². The van der Waals surface area contributed by atoms with E-state index >= 15 is 0 Å². The molecule has 0 aromatic heterocycles. The highest BCUT2D eigenvalue weighted by molar-refractivity contribution is 7.92. The lowest BCUT2D eigenvalue weighted by atomic mass is 9.95. The summed E-state index contributed by atoms with van der Waals surface area (Å²) in [6.07, 6.45) is 5.27. The molecule has 8 nitrogen and oxygen atoms in total. The van der Waals surface area contributed by atoms with Crippen molar-refractivity contribution < 1.29 is 27.1 Å². The number of hydrogen-bond acceptors (Lipinski definition) is 5. The third-order valence-electron chi connectivity index (χ3n) is 7.65. The Hall–Kier alpha value is -3.92. The smallest absolute Gasteiger partial charge is 0.264 e. The topological polar surface area (TPSA) is 96.0 Å². The van der Waals surface area contributed by atoms with E-state index in [9.17, 15) is 22.4 Å². The molecule has 1 fully saturated rings. The molecule has 43 heavy (non-hydrogen) atoms. The number of amides is 2. The molecule has 0 saturated heterocycles. The van der Waals surface area contributed by atoms with Crippen LogP contribution in [0.5, 0.6) is 5.75 Å². The summed E-state index contributed by atoms with van der Waals surface area (Å²) in [4.78, 5) is 29.3. The van der Waals surface area contributed by atoms with Gasteiger partial charge in [-0.1, -0.05) is 68.7 Å². The Labute approximate surface area is 253 Å². The van der Waals surface area contributed by atoms with Crippen molar-refractivity contribution in [3.05, 3.63) is 90.2 Å². The first kappa shape index (κ1) is 32.0. The molecule has 10 heteroatoms. The van der Waals surface area contributed by atoms with Crippen LogP contribution in [-0.2, 0) is 26.2 Å². The number of benzene rings is 3. The summed E-state index contributed by atoms with van der Waals surface area (Å²) in [5.74, 6) is -0.960. The lowest BCUT2D eigenvalue weighted by molar-refractivity contribution is -0.140. The summed E-state index contributed by atoms with van der Waals surface area (Å²) in [6.45, 7) is 3.33. The Morgan fingerprint density at radius 1 is 0.930 bits per heavy atom. The second-order valence-corrected chi connectivity index (χ2v) is 12.5. The van der Waals surface area contributed by atoms with Gasteiger partial charge in [0.1, 0.15) is 24.2 Å². The number of rotatable bonds is 13. The van der Waals surface area contributed by atoms with Gasteiger partial charge >= 0.3 is 0 Å². The van der Waals surface area contributed by atoms with Gasteiger partial charge in [-0.05, 0) is 68.1 Å². The van der Waals surface area contributed by atoms with Gasteiger partial charge in [0.2, 0.25) is 11.8 Å². The van der Waals surface area contributed by atoms with E-state index in [1.54, 1.807) is 61.5 Å². The van der Waals surface area contributed by atoms with Gasteiger partial charge in [0, 0.05) is 12.6 Å². The van der Waals surface area contributed by atoms with Gasteiger partial charge < -0.3 is 15.0 Å². The van der Waals surface area contributed by atoms with Crippen LogP contribution < -0.4 is 14.4 Å². The maximum Gasteiger partial charge on any atom is 0.264 e. The summed E-state index contributed by atoms with van der Waals surface area (Å²) in [7, 11) is -4.22. The summed E-state index contributed by atoms with van der Waals surface area (Å²) in [5.41, 5.74) is 0.828. The van der Waals surface area contributed by atoms with Crippen molar-refractivity contribution in [2.45, 2.75) is 75.9 Å². The van der Waals surface area contributed by atoms with E-state index in [-0.39, 0.29) is 29.1 Å². The van der Waals surface area contributed by atoms with E-state index in [0.29, 0.717) is 24.3 Å². The van der Waals surface area contributed by atoms with E-state index in [1.165, 1.54) is 29.2 Å². The fourth-order valence-electron chi connectivity index (χ4n) is 5.42. The molecule has 0 heterocycles. The number of carbonyl (C=O) groups excluding carboxylic acids is 2. The normalized spacial score (nSPS) is 14.5. The van der Waals surface area contributed by atoms with E-state index in [1.807, 2.05) is 6.92 Å². The van der Waals surface area contributed by atoms with Crippen LogP contribution in [0.25, 0.3) is 0 Å². The fraction of sp³-hybridized carbons (Fsp3) is 0.394. The third kappa shape index (κ3) is 8.13. The monoisotopic (exact) mass is 609 g/mol. The number of anilines is 1. The Bertz CT molecular complexity index is 1460. The number of halogens is 1. The minimum absolute atomic E-state index is 0.00202.